The second-order valence-corrected chi connectivity index (χ2v) is 7.92. The molecule has 2 aliphatic heterocycles. The van der Waals surface area contributed by atoms with Crippen molar-refractivity contribution in [3.8, 4) is 11.5 Å². The van der Waals surface area contributed by atoms with E-state index in [1.165, 1.54) is 0 Å². The molecule has 2 aliphatic rings. The van der Waals surface area contributed by atoms with Crippen molar-refractivity contribution in [1.29, 1.82) is 0 Å². The minimum atomic E-state index is -0.482. The fraction of sp³-hybridized carbons (Fsp3) is 0.636. The van der Waals surface area contributed by atoms with E-state index in [0.717, 1.165) is 25.2 Å². The predicted molar refractivity (Wildman–Crippen MR) is 116 cm³/mol. The lowest BCUT2D eigenvalue weighted by atomic mass is 10.1. The van der Waals surface area contributed by atoms with E-state index in [9.17, 15) is 9.59 Å². The maximum atomic E-state index is 13.0. The maximum Gasteiger partial charge on any atom is 0.237 e. The molecule has 9 nitrogen and oxygen atoms in total. The molecular formula is C22H34N4O5. The highest BCUT2D eigenvalue weighted by molar-refractivity contribution is 5.88. The van der Waals surface area contributed by atoms with Crippen LogP contribution in [-0.4, -0.2) is 106 Å². The van der Waals surface area contributed by atoms with Gasteiger partial charge in [-0.2, -0.15) is 0 Å². The molecule has 0 radical (unpaired) electrons. The second kappa shape index (κ2) is 11.3. The van der Waals surface area contributed by atoms with E-state index in [1.54, 1.807) is 21.3 Å². The van der Waals surface area contributed by atoms with Crippen LogP contribution in [0.2, 0.25) is 0 Å². The van der Waals surface area contributed by atoms with Crippen molar-refractivity contribution in [2.45, 2.75) is 19.0 Å². The third-order valence-corrected chi connectivity index (χ3v) is 5.94. The summed E-state index contributed by atoms with van der Waals surface area (Å²) < 4.78 is 15.9. The number of amides is 2. The number of carbonyl (C=O) groups excluding carboxylic acids is 2. The molecule has 0 aromatic heterocycles. The summed E-state index contributed by atoms with van der Waals surface area (Å²) in [5.74, 6) is 1.35. The van der Waals surface area contributed by atoms with Crippen LogP contribution in [0.25, 0.3) is 0 Å². The smallest absolute Gasteiger partial charge is 0.237 e. The second-order valence-electron chi connectivity index (χ2n) is 7.92. The highest BCUT2D eigenvalue weighted by Crippen LogP contribution is 2.25. The van der Waals surface area contributed by atoms with Gasteiger partial charge in [0.2, 0.25) is 11.8 Å². The molecule has 1 aromatic carbocycles. The molecule has 2 heterocycles. The quantitative estimate of drug-likeness (QED) is 0.594. The molecule has 3 rings (SSSR count). The molecule has 0 spiro atoms. The van der Waals surface area contributed by atoms with Gasteiger partial charge in [0.25, 0.3) is 0 Å². The number of ether oxygens (including phenoxy) is 3. The van der Waals surface area contributed by atoms with Gasteiger partial charge in [-0.1, -0.05) is 0 Å². The zero-order valence-corrected chi connectivity index (χ0v) is 18.8. The van der Waals surface area contributed by atoms with Crippen molar-refractivity contribution in [1.82, 2.24) is 20.0 Å². The Labute approximate surface area is 184 Å². The van der Waals surface area contributed by atoms with Gasteiger partial charge in [0, 0.05) is 65.5 Å². The van der Waals surface area contributed by atoms with Gasteiger partial charge in [-0.3, -0.25) is 19.4 Å². The summed E-state index contributed by atoms with van der Waals surface area (Å²) in [5, 5.41) is 2.91. The highest BCUT2D eigenvalue weighted by atomic mass is 16.5. The van der Waals surface area contributed by atoms with Crippen LogP contribution in [0.4, 0.5) is 0 Å². The third-order valence-electron chi connectivity index (χ3n) is 5.94. The molecule has 1 atom stereocenters. The fourth-order valence-electron chi connectivity index (χ4n) is 4.10. The van der Waals surface area contributed by atoms with Gasteiger partial charge >= 0.3 is 0 Å². The van der Waals surface area contributed by atoms with Gasteiger partial charge in [0.1, 0.15) is 11.5 Å². The largest absolute Gasteiger partial charge is 0.497 e. The Bertz CT molecular complexity index is 729. The van der Waals surface area contributed by atoms with Crippen LogP contribution in [0.15, 0.2) is 18.2 Å². The number of nitrogens with zero attached hydrogens (tertiary/aromatic N) is 3. The summed E-state index contributed by atoms with van der Waals surface area (Å²) in [4.78, 5) is 31.8. The standard InChI is InChI=1S/C22H34N4O5/c1-29-11-10-24-6-8-25(9-7-24)21(27)15-20-22(28)23-4-5-26(20)16-17-12-18(30-2)14-19(13-17)31-3/h12-14,20H,4-11,15-16H2,1-3H3,(H,23,28). The van der Waals surface area contributed by atoms with Gasteiger partial charge in [-0.15, -0.1) is 0 Å². The Morgan fingerprint density at radius 3 is 2.32 bits per heavy atom. The zero-order chi connectivity index (χ0) is 22.2. The average molecular weight is 435 g/mol. The molecule has 1 N–H and O–H groups in total. The first-order chi connectivity index (χ1) is 15.0. The van der Waals surface area contributed by atoms with Crippen LogP contribution in [0.1, 0.15) is 12.0 Å². The molecule has 172 valence electrons. The normalized spacial score (nSPS) is 20.4. The van der Waals surface area contributed by atoms with Crippen LogP contribution in [0, 0.1) is 0 Å². The number of rotatable bonds is 9. The topological polar surface area (TPSA) is 83.6 Å². The van der Waals surface area contributed by atoms with Crippen LogP contribution < -0.4 is 14.8 Å². The number of benzene rings is 1. The fourth-order valence-corrected chi connectivity index (χ4v) is 4.10. The third kappa shape index (κ3) is 6.32. The van der Waals surface area contributed by atoms with E-state index < -0.39 is 6.04 Å². The van der Waals surface area contributed by atoms with Crippen molar-refractivity contribution < 1.29 is 23.8 Å². The zero-order valence-electron chi connectivity index (χ0n) is 18.8. The van der Waals surface area contributed by atoms with Gasteiger partial charge in [0.15, 0.2) is 0 Å². The Kier molecular flexibility index (Phi) is 8.51. The van der Waals surface area contributed by atoms with E-state index in [2.05, 4.69) is 15.1 Å². The van der Waals surface area contributed by atoms with Crippen LogP contribution in [-0.2, 0) is 20.9 Å². The highest BCUT2D eigenvalue weighted by Gasteiger charge is 2.33. The monoisotopic (exact) mass is 434 g/mol. The van der Waals surface area contributed by atoms with Crippen LogP contribution in [0.5, 0.6) is 11.5 Å². The Hall–Kier alpha value is -2.36. The molecule has 31 heavy (non-hydrogen) atoms. The minimum absolute atomic E-state index is 0.0293. The van der Waals surface area contributed by atoms with Gasteiger partial charge in [0.05, 0.1) is 33.3 Å². The van der Waals surface area contributed by atoms with Crippen LogP contribution >= 0.6 is 0 Å². The summed E-state index contributed by atoms with van der Waals surface area (Å²) in [6.45, 7) is 6.41. The number of methoxy groups -OCH3 is 3. The first-order valence-electron chi connectivity index (χ1n) is 10.8. The number of nitrogens with one attached hydrogen (secondary N) is 1. The molecule has 9 heteroatoms. The maximum absolute atomic E-state index is 13.0. The molecule has 0 bridgehead atoms. The van der Waals surface area contributed by atoms with E-state index in [-0.39, 0.29) is 18.2 Å². The summed E-state index contributed by atoms with van der Waals surface area (Å²) in [5.41, 5.74) is 0.982. The average Bonchev–Trinajstić information content (AvgIpc) is 2.79. The summed E-state index contributed by atoms with van der Waals surface area (Å²) in [7, 11) is 4.93. The molecule has 2 saturated heterocycles. The first kappa shape index (κ1) is 23.3. The molecular weight excluding hydrogens is 400 g/mol. The van der Waals surface area contributed by atoms with Crippen molar-refractivity contribution >= 4 is 11.8 Å². The molecule has 0 aliphatic carbocycles. The minimum Gasteiger partial charge on any atom is -0.497 e. The molecule has 2 amide bonds. The Morgan fingerprint density at radius 1 is 1.03 bits per heavy atom. The number of carbonyl (C=O) groups is 2. The van der Waals surface area contributed by atoms with E-state index in [0.29, 0.717) is 50.8 Å². The molecule has 0 saturated carbocycles. The van der Waals surface area contributed by atoms with Gasteiger partial charge in [-0.25, -0.2) is 0 Å². The Morgan fingerprint density at radius 2 is 1.71 bits per heavy atom. The lowest BCUT2D eigenvalue weighted by Crippen LogP contribution is -2.57. The first-order valence-corrected chi connectivity index (χ1v) is 10.8. The summed E-state index contributed by atoms with van der Waals surface area (Å²) in [6, 6.07) is 5.21. The van der Waals surface area contributed by atoms with Crippen molar-refractivity contribution in [2.24, 2.45) is 0 Å². The van der Waals surface area contributed by atoms with E-state index in [4.69, 9.17) is 14.2 Å². The van der Waals surface area contributed by atoms with E-state index in [1.807, 2.05) is 23.1 Å². The molecule has 1 unspecified atom stereocenters. The van der Waals surface area contributed by atoms with Crippen LogP contribution in [0.3, 0.4) is 0 Å². The summed E-state index contributed by atoms with van der Waals surface area (Å²) in [6.07, 6.45) is 0.186. The molecule has 1 aromatic rings. The van der Waals surface area contributed by atoms with Gasteiger partial charge < -0.3 is 24.4 Å². The van der Waals surface area contributed by atoms with Crippen molar-refractivity contribution in [3.05, 3.63) is 23.8 Å². The SMILES string of the molecule is COCCN1CCN(C(=O)CC2C(=O)NCCN2Cc2cc(OC)cc(OC)c2)CC1. The van der Waals surface area contributed by atoms with Crippen molar-refractivity contribution in [3.63, 3.8) is 0 Å². The lowest BCUT2D eigenvalue weighted by molar-refractivity contribution is -0.140. The lowest BCUT2D eigenvalue weighted by Gasteiger charge is -2.38. The Balaban J connectivity index is 1.62. The van der Waals surface area contributed by atoms with E-state index >= 15 is 0 Å². The number of hydrogen-bond acceptors (Lipinski definition) is 7. The predicted octanol–water partition coefficient (Wildman–Crippen LogP) is 0.185. The number of piperazine rings is 2. The van der Waals surface area contributed by atoms with Crippen molar-refractivity contribution in [2.75, 3.05) is 73.7 Å². The molecule has 2 fully saturated rings. The summed E-state index contributed by atoms with van der Waals surface area (Å²) >= 11 is 0. The number of hydrogen-bond donors (Lipinski definition) is 1. The van der Waals surface area contributed by atoms with Gasteiger partial charge in [-0.05, 0) is 17.7 Å².